The Hall–Kier alpha value is -0.110. The number of halogens is 1. The lowest BCUT2D eigenvalue weighted by atomic mass is 9.98. The number of alkyl halides is 1. The van der Waals surface area contributed by atoms with Crippen molar-refractivity contribution in [3.05, 3.63) is 0 Å². The summed E-state index contributed by atoms with van der Waals surface area (Å²) in [5.41, 5.74) is 0. The highest BCUT2D eigenvalue weighted by Crippen LogP contribution is 2.19. The van der Waals surface area contributed by atoms with Crippen molar-refractivity contribution >= 4 is 0 Å². The molecule has 1 rings (SSSR count). The first-order chi connectivity index (χ1) is 5.09. The first-order valence-corrected chi connectivity index (χ1v) is 4.47. The van der Waals surface area contributed by atoms with Crippen molar-refractivity contribution in [2.45, 2.75) is 39.4 Å². The van der Waals surface area contributed by atoms with Crippen molar-refractivity contribution in [3.8, 4) is 0 Å². The van der Waals surface area contributed by atoms with Crippen molar-refractivity contribution in [1.82, 2.24) is 4.90 Å². The van der Waals surface area contributed by atoms with Gasteiger partial charge in [-0.05, 0) is 26.2 Å². The maximum absolute atomic E-state index is 13.0. The molecule has 1 saturated heterocycles. The topological polar surface area (TPSA) is 3.24 Å². The van der Waals surface area contributed by atoms with E-state index in [1.807, 2.05) is 0 Å². The average Bonchev–Trinajstić information content (AvgIpc) is 1.85. The molecule has 1 fully saturated rings. The second-order valence-electron chi connectivity index (χ2n) is 3.99. The van der Waals surface area contributed by atoms with Crippen molar-refractivity contribution < 1.29 is 4.39 Å². The molecule has 0 saturated carbocycles. The van der Waals surface area contributed by atoms with Gasteiger partial charge in [0.05, 0.1) is 0 Å². The fourth-order valence-corrected chi connectivity index (χ4v) is 1.74. The van der Waals surface area contributed by atoms with E-state index in [2.05, 4.69) is 25.7 Å². The summed E-state index contributed by atoms with van der Waals surface area (Å²) in [6.07, 6.45) is 0.157. The summed E-state index contributed by atoms with van der Waals surface area (Å²) < 4.78 is 13.0. The van der Waals surface area contributed by atoms with Crippen molar-refractivity contribution in [2.24, 2.45) is 5.92 Å². The first kappa shape index (κ1) is 8.98. The Morgan fingerprint density at radius 1 is 1.36 bits per heavy atom. The van der Waals surface area contributed by atoms with Gasteiger partial charge >= 0.3 is 0 Å². The van der Waals surface area contributed by atoms with E-state index >= 15 is 0 Å². The Morgan fingerprint density at radius 2 is 2.00 bits per heavy atom. The molecule has 1 heterocycles. The van der Waals surface area contributed by atoms with E-state index in [9.17, 15) is 4.39 Å². The Bertz CT molecular complexity index is 115. The van der Waals surface area contributed by atoms with Gasteiger partial charge in [0.15, 0.2) is 0 Å². The predicted molar refractivity (Wildman–Crippen MR) is 45.4 cm³/mol. The second kappa shape index (κ2) is 3.53. The van der Waals surface area contributed by atoms with E-state index in [0.717, 1.165) is 13.0 Å². The van der Waals surface area contributed by atoms with Gasteiger partial charge in [-0.3, -0.25) is 4.90 Å². The van der Waals surface area contributed by atoms with Gasteiger partial charge in [-0.2, -0.15) is 0 Å². The Balaban J connectivity index is 2.43. The largest absolute Gasteiger partial charge is 0.298 e. The summed E-state index contributed by atoms with van der Waals surface area (Å²) >= 11 is 0. The maximum Gasteiger partial charge on any atom is 0.113 e. The summed E-state index contributed by atoms with van der Waals surface area (Å²) in [4.78, 5) is 2.22. The molecule has 0 unspecified atom stereocenters. The molecule has 0 N–H and O–H groups in total. The normalized spacial score (nSPS) is 34.6. The zero-order valence-electron chi connectivity index (χ0n) is 7.68. The molecule has 0 aromatic rings. The molecular weight excluding hydrogens is 141 g/mol. The highest BCUT2D eigenvalue weighted by atomic mass is 19.1. The molecule has 2 heteroatoms. The SMILES string of the molecule is CC(C)N1C[C@H](C)C[C@@H](F)C1. The fraction of sp³-hybridized carbons (Fsp3) is 1.00. The molecule has 0 bridgehead atoms. The van der Waals surface area contributed by atoms with Gasteiger partial charge in [0.2, 0.25) is 0 Å². The smallest absolute Gasteiger partial charge is 0.113 e. The number of likely N-dealkylation sites (tertiary alicyclic amines) is 1. The van der Waals surface area contributed by atoms with Crippen LogP contribution in [0, 0.1) is 5.92 Å². The lowest BCUT2D eigenvalue weighted by Gasteiger charge is -2.35. The third-order valence-corrected chi connectivity index (χ3v) is 2.37. The van der Waals surface area contributed by atoms with Gasteiger partial charge in [0.25, 0.3) is 0 Å². The zero-order valence-corrected chi connectivity index (χ0v) is 7.68. The van der Waals surface area contributed by atoms with Crippen LogP contribution in [0.15, 0.2) is 0 Å². The third-order valence-electron chi connectivity index (χ3n) is 2.37. The van der Waals surface area contributed by atoms with Crippen molar-refractivity contribution in [1.29, 1.82) is 0 Å². The number of hydrogen-bond acceptors (Lipinski definition) is 1. The van der Waals surface area contributed by atoms with Crippen LogP contribution in [0.2, 0.25) is 0 Å². The van der Waals surface area contributed by atoms with Crippen LogP contribution >= 0.6 is 0 Å². The highest BCUT2D eigenvalue weighted by molar-refractivity contribution is 4.78. The van der Waals surface area contributed by atoms with Crippen molar-refractivity contribution in [2.75, 3.05) is 13.1 Å². The zero-order chi connectivity index (χ0) is 8.43. The van der Waals surface area contributed by atoms with Crippen LogP contribution in [0.5, 0.6) is 0 Å². The third kappa shape index (κ3) is 2.44. The van der Waals surface area contributed by atoms with Gasteiger partial charge in [-0.25, -0.2) is 4.39 Å². The standard InChI is InChI=1S/C9H18FN/c1-7(2)11-5-8(3)4-9(10)6-11/h7-9H,4-6H2,1-3H3/t8-,9-/m1/s1. The van der Waals surface area contributed by atoms with Gasteiger partial charge in [0.1, 0.15) is 6.17 Å². The van der Waals surface area contributed by atoms with Gasteiger partial charge < -0.3 is 0 Å². The van der Waals surface area contributed by atoms with Crippen LogP contribution in [0.4, 0.5) is 4.39 Å². The molecule has 0 spiro atoms. The number of nitrogens with zero attached hydrogens (tertiary/aromatic N) is 1. The van der Waals surface area contributed by atoms with E-state index in [1.54, 1.807) is 0 Å². The molecule has 11 heavy (non-hydrogen) atoms. The molecule has 0 amide bonds. The molecule has 2 atom stereocenters. The maximum atomic E-state index is 13.0. The second-order valence-corrected chi connectivity index (χ2v) is 3.99. The average molecular weight is 159 g/mol. The van der Waals surface area contributed by atoms with E-state index in [-0.39, 0.29) is 0 Å². The van der Waals surface area contributed by atoms with E-state index in [4.69, 9.17) is 0 Å². The van der Waals surface area contributed by atoms with E-state index < -0.39 is 6.17 Å². The molecule has 0 aromatic carbocycles. The van der Waals surface area contributed by atoms with Crippen LogP contribution in [-0.2, 0) is 0 Å². The van der Waals surface area contributed by atoms with Gasteiger partial charge in [-0.15, -0.1) is 0 Å². The Morgan fingerprint density at radius 3 is 2.45 bits per heavy atom. The van der Waals surface area contributed by atoms with Crippen LogP contribution < -0.4 is 0 Å². The van der Waals surface area contributed by atoms with E-state index in [0.29, 0.717) is 18.5 Å². The Labute approximate surface area is 68.6 Å². The lowest BCUT2D eigenvalue weighted by Crippen LogP contribution is -2.44. The molecular formula is C9H18FN. The summed E-state index contributed by atoms with van der Waals surface area (Å²) in [7, 11) is 0. The minimum absolute atomic E-state index is 0.496. The van der Waals surface area contributed by atoms with Crippen molar-refractivity contribution in [3.63, 3.8) is 0 Å². The summed E-state index contributed by atoms with van der Waals surface area (Å²) in [5, 5.41) is 0. The highest BCUT2D eigenvalue weighted by Gasteiger charge is 2.25. The molecule has 0 radical (unpaired) electrons. The molecule has 0 aliphatic carbocycles. The van der Waals surface area contributed by atoms with Crippen LogP contribution in [0.25, 0.3) is 0 Å². The first-order valence-electron chi connectivity index (χ1n) is 4.47. The molecule has 1 aliphatic heterocycles. The van der Waals surface area contributed by atoms with Crippen LogP contribution in [0.1, 0.15) is 27.2 Å². The van der Waals surface area contributed by atoms with Crippen LogP contribution in [0.3, 0.4) is 0 Å². The number of rotatable bonds is 1. The Kier molecular flexibility index (Phi) is 2.88. The molecule has 1 nitrogen and oxygen atoms in total. The fourth-order valence-electron chi connectivity index (χ4n) is 1.74. The molecule has 1 aliphatic rings. The van der Waals surface area contributed by atoms with E-state index in [1.165, 1.54) is 0 Å². The molecule has 66 valence electrons. The van der Waals surface area contributed by atoms with Crippen LogP contribution in [-0.4, -0.2) is 30.2 Å². The number of hydrogen-bond donors (Lipinski definition) is 0. The minimum Gasteiger partial charge on any atom is -0.298 e. The lowest BCUT2D eigenvalue weighted by molar-refractivity contribution is 0.0798. The minimum atomic E-state index is -0.596. The quantitative estimate of drug-likeness (QED) is 0.566. The van der Waals surface area contributed by atoms with Gasteiger partial charge in [0, 0.05) is 19.1 Å². The molecule has 0 aromatic heterocycles. The summed E-state index contributed by atoms with van der Waals surface area (Å²) in [6.45, 7) is 8.09. The summed E-state index contributed by atoms with van der Waals surface area (Å²) in [5.74, 6) is 0.529. The predicted octanol–water partition coefficient (Wildman–Crippen LogP) is 2.07. The monoisotopic (exact) mass is 159 g/mol. The van der Waals surface area contributed by atoms with Gasteiger partial charge in [-0.1, -0.05) is 6.92 Å². The summed E-state index contributed by atoms with van der Waals surface area (Å²) in [6, 6.07) is 0.496. The number of piperidine rings is 1.